The van der Waals surface area contributed by atoms with E-state index in [2.05, 4.69) is 142 Å². The quantitative estimate of drug-likeness (QED) is 0.134. The summed E-state index contributed by atoms with van der Waals surface area (Å²) in [5, 5.41) is 1.10. The summed E-state index contributed by atoms with van der Waals surface area (Å²) in [7, 11) is 0. The Hall–Kier alpha value is -5.50. The van der Waals surface area contributed by atoms with Crippen molar-refractivity contribution in [3.63, 3.8) is 0 Å². The van der Waals surface area contributed by atoms with Gasteiger partial charge in [-0.15, -0.1) is 40.9 Å². The molecule has 1 aliphatic heterocycles. The summed E-state index contributed by atoms with van der Waals surface area (Å²) < 4.78 is 7.11. The van der Waals surface area contributed by atoms with Crippen molar-refractivity contribution in [2.24, 2.45) is 0 Å². The molecule has 0 unspecified atom stereocenters. The first kappa shape index (κ1) is 35.5. The molecule has 2 aromatic heterocycles. The van der Waals surface area contributed by atoms with Gasteiger partial charge < -0.3 is 9.72 Å². The van der Waals surface area contributed by atoms with Crippen LogP contribution in [-0.2, 0) is 21.1 Å². The van der Waals surface area contributed by atoms with E-state index in [0.717, 1.165) is 38.9 Å². The van der Waals surface area contributed by atoms with Crippen molar-refractivity contribution in [3.05, 3.63) is 180 Å². The van der Waals surface area contributed by atoms with E-state index in [0.29, 0.717) is 11.5 Å². The number of aryl methyl sites for hydroxylation is 4. The molecule has 6 heteroatoms. The molecular formula is C48H36B2N2OPt. The van der Waals surface area contributed by atoms with Crippen molar-refractivity contribution in [3.8, 4) is 34.0 Å². The zero-order valence-electron chi connectivity index (χ0n) is 30.6. The van der Waals surface area contributed by atoms with Crippen LogP contribution in [0.4, 0.5) is 0 Å². The maximum Gasteiger partial charge on any atom is 2.00 e. The Morgan fingerprint density at radius 1 is 0.500 bits per heavy atom. The number of hydrogen-bond donors (Lipinski definition) is 0. The number of ether oxygens (including phenoxy) is 1. The van der Waals surface area contributed by atoms with Gasteiger partial charge in [0.25, 0.3) is 0 Å². The third kappa shape index (κ3) is 6.31. The Morgan fingerprint density at radius 3 is 1.83 bits per heavy atom. The smallest absolute Gasteiger partial charge is 0.497 e. The number of pyridine rings is 2. The van der Waals surface area contributed by atoms with Crippen LogP contribution < -0.4 is 37.5 Å². The molecule has 1 aliphatic rings. The minimum Gasteiger partial charge on any atom is -0.497 e. The van der Waals surface area contributed by atoms with Crippen molar-refractivity contribution < 1.29 is 25.8 Å². The van der Waals surface area contributed by atoms with Crippen molar-refractivity contribution in [1.29, 1.82) is 0 Å². The van der Waals surface area contributed by atoms with E-state index in [1.807, 2.05) is 42.5 Å². The van der Waals surface area contributed by atoms with Gasteiger partial charge in [-0.1, -0.05) is 159 Å². The first-order valence-electron chi connectivity index (χ1n) is 18.2. The maximum atomic E-state index is 7.11. The normalized spacial score (nSPS) is 11.9. The van der Waals surface area contributed by atoms with Gasteiger partial charge in [-0.05, 0) is 56.6 Å². The van der Waals surface area contributed by atoms with E-state index < -0.39 is 0 Å². The van der Waals surface area contributed by atoms with Gasteiger partial charge in [0, 0.05) is 17.7 Å². The zero-order chi connectivity index (χ0) is 36.1. The summed E-state index contributed by atoms with van der Waals surface area (Å²) in [6.07, 6.45) is 1.81. The third-order valence-corrected chi connectivity index (χ3v) is 10.8. The van der Waals surface area contributed by atoms with E-state index >= 15 is 0 Å². The number of para-hydroxylation sites is 1. The topological polar surface area (TPSA) is 35.0 Å². The molecule has 54 heavy (non-hydrogen) atoms. The Labute approximate surface area is 332 Å². The number of rotatable bonds is 6. The Balaban J connectivity index is 0.00000413. The molecule has 3 nitrogen and oxygen atoms in total. The van der Waals surface area contributed by atoms with Crippen LogP contribution in [0.25, 0.3) is 33.4 Å². The Kier molecular flexibility index (Phi) is 9.69. The number of fused-ring (bicyclic) bond motifs is 3. The van der Waals surface area contributed by atoms with Crippen molar-refractivity contribution >= 4 is 57.1 Å². The molecule has 260 valence electrons. The van der Waals surface area contributed by atoms with Crippen molar-refractivity contribution in [2.45, 2.75) is 27.7 Å². The fraction of sp³-hybridized carbons (Fsp3) is 0.0833. The van der Waals surface area contributed by atoms with Gasteiger partial charge in [0.15, 0.2) is 6.71 Å². The molecular weight excluding hydrogens is 837 g/mol. The third-order valence-electron chi connectivity index (χ3n) is 10.8. The second-order valence-corrected chi connectivity index (χ2v) is 14.1. The summed E-state index contributed by atoms with van der Waals surface area (Å²) >= 11 is 0. The van der Waals surface area contributed by atoms with Crippen LogP contribution in [0.5, 0.6) is 11.5 Å². The van der Waals surface area contributed by atoms with Gasteiger partial charge in [0.2, 0.25) is 6.71 Å². The predicted octanol–water partition coefficient (Wildman–Crippen LogP) is 6.93. The summed E-state index contributed by atoms with van der Waals surface area (Å²) in [5.41, 5.74) is 16.9. The van der Waals surface area contributed by atoms with E-state index in [9.17, 15) is 0 Å². The fourth-order valence-corrected chi connectivity index (χ4v) is 8.39. The van der Waals surface area contributed by atoms with Gasteiger partial charge in [-0.2, -0.15) is 5.46 Å². The molecule has 0 bridgehead atoms. The van der Waals surface area contributed by atoms with Gasteiger partial charge >= 0.3 is 21.1 Å². The molecule has 0 fully saturated rings. The molecule has 0 atom stereocenters. The largest absolute Gasteiger partial charge is 2.00 e. The Morgan fingerprint density at radius 2 is 1.13 bits per heavy atom. The summed E-state index contributed by atoms with van der Waals surface area (Å²) in [4.78, 5) is 9.78. The molecule has 0 amide bonds. The van der Waals surface area contributed by atoms with Crippen LogP contribution >= 0.6 is 0 Å². The second kappa shape index (κ2) is 14.7. The molecule has 9 rings (SSSR count). The van der Waals surface area contributed by atoms with Crippen LogP contribution in [0.2, 0.25) is 0 Å². The predicted molar refractivity (Wildman–Crippen MR) is 222 cm³/mol. The Bertz CT molecular complexity index is 2640. The van der Waals surface area contributed by atoms with E-state index in [1.54, 1.807) is 6.20 Å². The van der Waals surface area contributed by atoms with Crippen LogP contribution in [0, 0.1) is 39.8 Å². The van der Waals surface area contributed by atoms with Crippen LogP contribution in [-0.4, -0.2) is 23.4 Å². The second-order valence-electron chi connectivity index (χ2n) is 14.1. The van der Waals surface area contributed by atoms with Crippen LogP contribution in [0.15, 0.2) is 146 Å². The zero-order valence-corrected chi connectivity index (χ0v) is 32.9. The van der Waals surface area contributed by atoms with Gasteiger partial charge in [0.05, 0.1) is 5.52 Å². The minimum atomic E-state index is -0.0909. The maximum absolute atomic E-state index is 7.11. The average Bonchev–Trinajstić information content (AvgIpc) is 3.18. The molecule has 0 saturated carbocycles. The monoisotopic (exact) mass is 873 g/mol. The first-order chi connectivity index (χ1) is 25.9. The van der Waals surface area contributed by atoms with Crippen molar-refractivity contribution in [2.75, 3.05) is 0 Å². The summed E-state index contributed by atoms with van der Waals surface area (Å²) in [6.45, 7) is 8.79. The molecule has 3 heterocycles. The van der Waals surface area contributed by atoms with Gasteiger partial charge in [0.1, 0.15) is 0 Å². The molecule has 0 N–H and O–H groups in total. The van der Waals surface area contributed by atoms with E-state index in [1.165, 1.54) is 49.6 Å². The number of nitrogens with zero attached hydrogens (tertiary/aromatic N) is 2. The molecule has 8 aromatic rings. The first-order valence-corrected chi connectivity index (χ1v) is 18.2. The van der Waals surface area contributed by atoms with Gasteiger partial charge in [-0.3, -0.25) is 4.98 Å². The van der Waals surface area contributed by atoms with Crippen LogP contribution in [0.1, 0.15) is 22.3 Å². The van der Waals surface area contributed by atoms with Crippen molar-refractivity contribution in [1.82, 2.24) is 9.97 Å². The van der Waals surface area contributed by atoms with Gasteiger partial charge in [-0.25, -0.2) is 0 Å². The minimum absolute atomic E-state index is 0. The summed E-state index contributed by atoms with van der Waals surface area (Å²) in [6, 6.07) is 56.3. The molecule has 0 aliphatic carbocycles. The van der Waals surface area contributed by atoms with E-state index in [4.69, 9.17) is 9.72 Å². The summed E-state index contributed by atoms with van der Waals surface area (Å²) in [5.74, 6) is 1.29. The SMILES string of the molecule is Cc1cccc(C)c1B1c2ccccc2B(c2c(C)cccc2C)c2c(Oc3[c-]c(-c4ccccn4)ccc3)[c-]c(-c3ccc4ccccc4n3)cc21.[Pt+2]. The van der Waals surface area contributed by atoms with E-state index in [-0.39, 0.29) is 34.5 Å². The molecule has 0 saturated heterocycles. The number of hydrogen-bond acceptors (Lipinski definition) is 3. The molecule has 0 spiro atoms. The average molecular weight is 874 g/mol. The van der Waals surface area contributed by atoms with Crippen LogP contribution in [0.3, 0.4) is 0 Å². The number of benzene rings is 6. The standard InChI is InChI=1S/C48H36B2N2O.Pt/c1-31-14-11-15-32(2)46(31)49-39-21-6-7-22-40(39)50(47-33(3)16-12-17-34(47)4)48-41(49)29-37(44-26-25-35-18-5-8-24-43(35)52-44)30-45(48)53-38-20-13-19-36(28-38)42-23-9-10-27-51-42;/h5-27,29H,1-4H3;/q-2;+2. The molecule has 0 radical (unpaired) electrons. The fourth-order valence-electron chi connectivity index (χ4n) is 8.39. The number of aromatic nitrogens is 2. The molecule has 6 aromatic carbocycles.